The summed E-state index contributed by atoms with van der Waals surface area (Å²) in [5.41, 5.74) is -0.268. The lowest BCUT2D eigenvalue weighted by molar-refractivity contribution is -0.140. The largest absolute Gasteiger partial charge is 0.488 e. The Hall–Kier alpha value is -3.57. The van der Waals surface area contributed by atoms with E-state index in [1.54, 1.807) is 0 Å². The average molecular weight is 520 g/mol. The zero-order valence-electron chi connectivity index (χ0n) is 20.3. The van der Waals surface area contributed by atoms with Crippen LogP contribution in [0.15, 0.2) is 18.3 Å². The van der Waals surface area contributed by atoms with Crippen molar-refractivity contribution in [2.24, 2.45) is 0 Å². The molecule has 0 bridgehead atoms. The summed E-state index contributed by atoms with van der Waals surface area (Å²) in [6.45, 7) is -0.803. The average Bonchev–Trinajstić information content (AvgIpc) is 3.56. The number of anilines is 4. The Morgan fingerprint density at radius 1 is 1.16 bits per heavy atom. The number of nitrogens with zero attached hydrogens (tertiary/aromatic N) is 4. The number of fused-ring (bicyclic) bond motifs is 1. The highest BCUT2D eigenvalue weighted by Gasteiger charge is 2.48. The highest BCUT2D eigenvalue weighted by atomic mass is 19.3. The number of alkyl halides is 2. The molecule has 0 spiro atoms. The van der Waals surface area contributed by atoms with E-state index in [-0.39, 0.29) is 41.0 Å². The number of carbonyl (C=O) groups is 2. The number of ether oxygens (including phenoxy) is 1. The quantitative estimate of drug-likeness (QED) is 0.564. The molecule has 0 saturated heterocycles. The molecule has 1 amide bonds. The third kappa shape index (κ3) is 4.88. The van der Waals surface area contributed by atoms with E-state index in [0.717, 1.165) is 55.6 Å². The molecule has 2 aliphatic carbocycles. The first-order chi connectivity index (χ1) is 17.6. The lowest BCUT2D eigenvalue weighted by Gasteiger charge is -2.31. The van der Waals surface area contributed by atoms with Crippen molar-refractivity contribution in [1.82, 2.24) is 9.97 Å². The maximum atomic E-state index is 14.8. The van der Waals surface area contributed by atoms with Crippen LogP contribution in [0.4, 0.5) is 36.3 Å². The number of halogens is 3. The van der Waals surface area contributed by atoms with Gasteiger partial charge in [-0.15, -0.1) is 0 Å². The fourth-order valence-corrected chi connectivity index (χ4v) is 5.32. The lowest BCUT2D eigenvalue weighted by atomic mass is 10.1. The summed E-state index contributed by atoms with van der Waals surface area (Å²) in [6, 6.07) is 1.92. The zero-order valence-corrected chi connectivity index (χ0v) is 20.3. The maximum Gasteiger partial charge on any atom is 0.342 e. The minimum Gasteiger partial charge on any atom is -0.488 e. The Labute approximate surface area is 211 Å². The van der Waals surface area contributed by atoms with Gasteiger partial charge in [0.25, 0.3) is 5.91 Å². The smallest absolute Gasteiger partial charge is 0.342 e. The van der Waals surface area contributed by atoms with Crippen molar-refractivity contribution in [3.8, 4) is 5.75 Å². The first-order valence-electron chi connectivity index (χ1n) is 12.4. The maximum absolute atomic E-state index is 14.8. The number of hydrogen-bond acceptors (Lipinski definition) is 7. The summed E-state index contributed by atoms with van der Waals surface area (Å²) >= 11 is 0. The normalized spacial score (nSPS) is 20.2. The number of aromatic carboxylic acids is 1. The van der Waals surface area contributed by atoms with Gasteiger partial charge >= 0.3 is 11.9 Å². The van der Waals surface area contributed by atoms with Gasteiger partial charge in [-0.05, 0) is 44.6 Å². The molecule has 5 rings (SSSR count). The van der Waals surface area contributed by atoms with Crippen LogP contribution < -0.4 is 19.9 Å². The van der Waals surface area contributed by atoms with Gasteiger partial charge in [0.05, 0.1) is 30.1 Å². The number of carboxylic acids is 1. The van der Waals surface area contributed by atoms with E-state index >= 15 is 0 Å². The van der Waals surface area contributed by atoms with Crippen molar-refractivity contribution in [3.63, 3.8) is 0 Å². The summed E-state index contributed by atoms with van der Waals surface area (Å²) in [6.07, 6.45) is 7.84. The number of carbonyl (C=O) groups excluding carboxylic acids is 1. The predicted octanol–water partition coefficient (Wildman–Crippen LogP) is 4.74. The van der Waals surface area contributed by atoms with Gasteiger partial charge < -0.3 is 25.0 Å². The highest BCUT2D eigenvalue weighted by Crippen LogP contribution is 2.40. The first-order valence-corrected chi connectivity index (χ1v) is 12.4. The number of nitrogens with one attached hydrogen (secondary N) is 1. The molecule has 37 heavy (non-hydrogen) atoms. The third-order valence-electron chi connectivity index (χ3n) is 7.28. The Bertz CT molecular complexity index is 1220. The molecule has 1 aromatic heterocycles. The van der Waals surface area contributed by atoms with Crippen molar-refractivity contribution in [1.29, 1.82) is 0 Å². The van der Waals surface area contributed by atoms with Crippen LogP contribution in [0.2, 0.25) is 0 Å². The van der Waals surface area contributed by atoms with Crippen molar-refractivity contribution >= 4 is 35.0 Å². The van der Waals surface area contributed by atoms with Crippen LogP contribution in [-0.2, 0) is 4.79 Å². The predicted molar refractivity (Wildman–Crippen MR) is 130 cm³/mol. The molecule has 1 aliphatic heterocycles. The van der Waals surface area contributed by atoms with Gasteiger partial charge in [0.15, 0.2) is 5.82 Å². The van der Waals surface area contributed by atoms with Crippen molar-refractivity contribution in [3.05, 3.63) is 29.7 Å². The molecule has 12 heteroatoms. The molecule has 198 valence electrons. The Morgan fingerprint density at radius 2 is 1.84 bits per heavy atom. The van der Waals surface area contributed by atoms with Crippen LogP contribution in [0.1, 0.15) is 61.7 Å². The van der Waals surface area contributed by atoms with Crippen molar-refractivity contribution in [2.45, 2.75) is 69.4 Å². The number of rotatable bonds is 6. The lowest BCUT2D eigenvalue weighted by Crippen LogP contribution is -2.48. The highest BCUT2D eigenvalue weighted by molar-refractivity contribution is 6.02. The van der Waals surface area contributed by atoms with Crippen molar-refractivity contribution < 1.29 is 32.6 Å². The fourth-order valence-electron chi connectivity index (χ4n) is 5.32. The van der Waals surface area contributed by atoms with Gasteiger partial charge in [0, 0.05) is 19.2 Å². The number of benzene rings is 1. The molecule has 3 aliphatic rings. The first kappa shape index (κ1) is 25.1. The monoisotopic (exact) mass is 519 g/mol. The van der Waals surface area contributed by atoms with Crippen LogP contribution in [-0.4, -0.2) is 58.6 Å². The van der Waals surface area contributed by atoms with Gasteiger partial charge in [0.1, 0.15) is 17.3 Å². The summed E-state index contributed by atoms with van der Waals surface area (Å²) in [5, 5.41) is 12.3. The third-order valence-corrected chi connectivity index (χ3v) is 7.28. The molecule has 9 nitrogen and oxygen atoms in total. The fraction of sp³-hybridized carbons (Fsp3) is 0.520. The molecule has 2 fully saturated rings. The van der Waals surface area contributed by atoms with Crippen molar-refractivity contribution in [2.75, 3.05) is 28.7 Å². The summed E-state index contributed by atoms with van der Waals surface area (Å²) in [4.78, 5) is 35.0. The summed E-state index contributed by atoms with van der Waals surface area (Å²) in [7, 11) is 1.26. The van der Waals surface area contributed by atoms with E-state index in [2.05, 4.69) is 15.3 Å². The molecule has 2 saturated carbocycles. The zero-order chi connectivity index (χ0) is 26.3. The second-order valence-corrected chi connectivity index (χ2v) is 9.82. The second kappa shape index (κ2) is 9.71. The Morgan fingerprint density at radius 3 is 2.51 bits per heavy atom. The molecule has 2 heterocycles. The standard InChI is InChI=1S/C25H28F3N5O4/c1-32-19-12-29-24(31-21(19)33(14-6-2-3-7-14)13-25(27,28)23(32)36)30-18-11-17(26)16(22(34)35)10-20(18)37-15-8-4-5-9-15/h10-12,14-15H,2-9,13H2,1H3,(H,34,35)(H,29,30,31). The van der Waals surface area contributed by atoms with E-state index < -0.39 is 35.7 Å². The van der Waals surface area contributed by atoms with Crippen LogP contribution in [0.3, 0.4) is 0 Å². The number of hydrogen-bond donors (Lipinski definition) is 2. The number of carboxylic acid groups (broad SMARTS) is 1. The molecular formula is C25H28F3N5O4. The molecule has 1 aromatic carbocycles. The van der Waals surface area contributed by atoms with Crippen LogP contribution in [0.25, 0.3) is 0 Å². The molecule has 2 N–H and O–H groups in total. The van der Waals surface area contributed by atoms with Gasteiger partial charge in [-0.25, -0.2) is 14.2 Å². The van der Waals surface area contributed by atoms with E-state index in [1.807, 2.05) is 0 Å². The molecule has 0 unspecified atom stereocenters. The summed E-state index contributed by atoms with van der Waals surface area (Å²) < 4.78 is 50.3. The van der Waals surface area contributed by atoms with Gasteiger partial charge in [-0.1, -0.05) is 12.8 Å². The SMILES string of the molecule is CN1C(=O)C(F)(F)CN(C2CCCC2)c2nc(Nc3cc(F)c(C(=O)O)cc3OC3CCCC3)ncc21. The van der Waals surface area contributed by atoms with E-state index in [1.165, 1.54) is 18.1 Å². The molecule has 0 radical (unpaired) electrons. The number of aromatic nitrogens is 2. The Balaban J connectivity index is 1.53. The van der Waals surface area contributed by atoms with Gasteiger partial charge in [0.2, 0.25) is 5.95 Å². The molecule has 0 atom stereocenters. The van der Waals surface area contributed by atoms with Crippen LogP contribution in [0, 0.1) is 5.82 Å². The molecular weight excluding hydrogens is 491 g/mol. The van der Waals surface area contributed by atoms with Gasteiger partial charge in [-0.3, -0.25) is 4.79 Å². The molecule has 2 aromatic rings. The second-order valence-electron chi connectivity index (χ2n) is 9.82. The minimum absolute atomic E-state index is 0.0217. The topological polar surface area (TPSA) is 108 Å². The van der Waals surface area contributed by atoms with Gasteiger partial charge in [-0.2, -0.15) is 13.8 Å². The minimum atomic E-state index is -3.61. The van der Waals surface area contributed by atoms with Crippen LogP contribution in [0.5, 0.6) is 5.75 Å². The summed E-state index contributed by atoms with van der Waals surface area (Å²) in [5.74, 6) is -7.05. The van der Waals surface area contributed by atoms with E-state index in [4.69, 9.17) is 4.74 Å². The Kier molecular flexibility index (Phi) is 6.59. The van der Waals surface area contributed by atoms with Crippen LogP contribution >= 0.6 is 0 Å². The van der Waals surface area contributed by atoms with E-state index in [0.29, 0.717) is 12.8 Å². The van der Waals surface area contributed by atoms with E-state index in [9.17, 15) is 27.9 Å². The number of amides is 1.